The second-order valence-corrected chi connectivity index (χ2v) is 11.2. The van der Waals surface area contributed by atoms with Crippen molar-refractivity contribution in [2.45, 2.75) is 32.4 Å². The highest BCUT2D eigenvalue weighted by molar-refractivity contribution is 6.01. The van der Waals surface area contributed by atoms with Crippen LogP contribution in [0.4, 0.5) is 5.69 Å². The molecular formula is C32H37N5O2. The number of benzene rings is 3. The Bertz CT molecular complexity index is 1400. The Morgan fingerprint density at radius 1 is 1.00 bits per heavy atom. The first-order chi connectivity index (χ1) is 19.0. The number of nitrogens with one attached hydrogen (secondary N) is 2. The third-order valence-electron chi connectivity index (χ3n) is 8.00. The van der Waals surface area contributed by atoms with E-state index in [4.69, 9.17) is 4.74 Å². The standard InChI is InChI=1S/C32H37N5O2/c1-22(2)18-30(23-6-4-3-5-7-23)33-32(38)25-10-13-29-28(19-25)31(35-34-29)24-8-11-26(12-9-24)36-14-16-37(17-15-36)27-20-39-21-27/h3-13,19,22,27,30H,14-18,20-21H2,1-2H3,(H,33,38)(H,34,35). The number of hydrogen-bond acceptors (Lipinski definition) is 5. The van der Waals surface area contributed by atoms with E-state index in [1.54, 1.807) is 0 Å². The van der Waals surface area contributed by atoms with Gasteiger partial charge in [0.25, 0.3) is 5.91 Å². The molecule has 1 amide bonds. The van der Waals surface area contributed by atoms with Crippen molar-refractivity contribution in [2.75, 3.05) is 44.3 Å². The molecule has 0 aliphatic carbocycles. The van der Waals surface area contributed by atoms with Crippen molar-refractivity contribution in [3.8, 4) is 11.3 Å². The van der Waals surface area contributed by atoms with Crippen molar-refractivity contribution in [2.24, 2.45) is 5.92 Å². The van der Waals surface area contributed by atoms with E-state index in [0.717, 1.165) is 73.5 Å². The number of carbonyl (C=O) groups is 1. The Morgan fingerprint density at radius 2 is 1.74 bits per heavy atom. The molecule has 2 saturated heterocycles. The van der Waals surface area contributed by atoms with Gasteiger partial charge < -0.3 is 15.0 Å². The molecule has 1 unspecified atom stereocenters. The zero-order valence-corrected chi connectivity index (χ0v) is 22.8. The summed E-state index contributed by atoms with van der Waals surface area (Å²) in [6.07, 6.45) is 0.880. The molecular weight excluding hydrogens is 486 g/mol. The summed E-state index contributed by atoms with van der Waals surface area (Å²) in [6.45, 7) is 10.3. The third-order valence-corrected chi connectivity index (χ3v) is 8.00. The van der Waals surface area contributed by atoms with E-state index in [2.05, 4.69) is 75.6 Å². The lowest BCUT2D eigenvalue weighted by atomic mass is 9.96. The fourth-order valence-corrected chi connectivity index (χ4v) is 5.66. The van der Waals surface area contributed by atoms with Gasteiger partial charge in [0.15, 0.2) is 0 Å². The number of fused-ring (bicyclic) bond motifs is 1. The van der Waals surface area contributed by atoms with Crippen molar-refractivity contribution < 1.29 is 9.53 Å². The van der Waals surface area contributed by atoms with Crippen LogP contribution in [0.25, 0.3) is 22.2 Å². The van der Waals surface area contributed by atoms with E-state index in [1.807, 2.05) is 36.4 Å². The van der Waals surface area contributed by atoms with Gasteiger partial charge in [-0.1, -0.05) is 56.3 Å². The van der Waals surface area contributed by atoms with E-state index in [-0.39, 0.29) is 11.9 Å². The number of carbonyl (C=O) groups excluding carboxylic acids is 1. The highest BCUT2D eigenvalue weighted by atomic mass is 16.5. The van der Waals surface area contributed by atoms with Crippen LogP contribution < -0.4 is 10.2 Å². The van der Waals surface area contributed by atoms with E-state index in [9.17, 15) is 4.79 Å². The summed E-state index contributed by atoms with van der Waals surface area (Å²) in [4.78, 5) is 18.4. The fraction of sp³-hybridized carbons (Fsp3) is 0.375. The zero-order chi connectivity index (χ0) is 26.8. The summed E-state index contributed by atoms with van der Waals surface area (Å²) in [5, 5.41) is 12.0. The molecule has 0 bridgehead atoms. The lowest BCUT2D eigenvalue weighted by Gasteiger charge is -2.43. The van der Waals surface area contributed by atoms with Crippen LogP contribution >= 0.6 is 0 Å². The molecule has 3 heterocycles. The fourth-order valence-electron chi connectivity index (χ4n) is 5.66. The normalized spacial score (nSPS) is 17.4. The molecule has 2 aliphatic heterocycles. The molecule has 2 fully saturated rings. The summed E-state index contributed by atoms with van der Waals surface area (Å²) < 4.78 is 5.36. The molecule has 202 valence electrons. The van der Waals surface area contributed by atoms with E-state index < -0.39 is 0 Å². The minimum Gasteiger partial charge on any atom is -0.378 e. The first-order valence-electron chi connectivity index (χ1n) is 14.1. The van der Waals surface area contributed by atoms with Gasteiger partial charge in [-0.05, 0) is 48.2 Å². The number of anilines is 1. The van der Waals surface area contributed by atoms with Crippen LogP contribution in [0, 0.1) is 5.92 Å². The average Bonchev–Trinajstić information content (AvgIpc) is 3.36. The number of rotatable bonds is 8. The lowest BCUT2D eigenvalue weighted by molar-refractivity contribution is -0.0660. The third kappa shape index (κ3) is 5.56. The number of ether oxygens (including phenoxy) is 1. The number of hydrogen-bond donors (Lipinski definition) is 2. The van der Waals surface area contributed by atoms with Crippen LogP contribution in [0.3, 0.4) is 0 Å². The van der Waals surface area contributed by atoms with Gasteiger partial charge in [0.2, 0.25) is 0 Å². The molecule has 7 nitrogen and oxygen atoms in total. The van der Waals surface area contributed by atoms with Gasteiger partial charge in [0, 0.05) is 48.4 Å². The number of amides is 1. The quantitative estimate of drug-likeness (QED) is 0.329. The largest absolute Gasteiger partial charge is 0.378 e. The summed E-state index contributed by atoms with van der Waals surface area (Å²) in [6, 6.07) is 25.2. The average molecular weight is 524 g/mol. The Morgan fingerprint density at radius 3 is 2.41 bits per heavy atom. The van der Waals surface area contributed by atoms with Crippen molar-refractivity contribution >= 4 is 22.5 Å². The van der Waals surface area contributed by atoms with Crippen molar-refractivity contribution in [3.63, 3.8) is 0 Å². The van der Waals surface area contributed by atoms with Crippen LogP contribution in [-0.2, 0) is 4.74 Å². The molecule has 2 N–H and O–H groups in total. The predicted octanol–water partition coefficient (Wildman–Crippen LogP) is 5.27. The molecule has 1 aromatic heterocycles. The molecule has 39 heavy (non-hydrogen) atoms. The number of H-pyrrole nitrogens is 1. The number of piperazine rings is 1. The van der Waals surface area contributed by atoms with Crippen LogP contribution in [0.2, 0.25) is 0 Å². The maximum Gasteiger partial charge on any atom is 0.251 e. The second kappa shape index (κ2) is 11.2. The van der Waals surface area contributed by atoms with E-state index >= 15 is 0 Å². The Hall–Kier alpha value is -3.68. The predicted molar refractivity (Wildman–Crippen MR) is 156 cm³/mol. The van der Waals surface area contributed by atoms with Gasteiger partial charge in [-0.2, -0.15) is 5.10 Å². The minimum atomic E-state index is -0.0680. The SMILES string of the molecule is CC(C)CC(NC(=O)c1ccc2[nH]nc(-c3ccc(N4CCN(C5COC5)CC4)cc3)c2c1)c1ccccc1. The second-order valence-electron chi connectivity index (χ2n) is 11.2. The Kier molecular flexibility index (Phi) is 7.35. The Labute approximate surface area is 230 Å². The molecule has 0 spiro atoms. The van der Waals surface area contributed by atoms with Crippen molar-refractivity contribution in [1.29, 1.82) is 0 Å². The number of aromatic amines is 1. The van der Waals surface area contributed by atoms with Crippen molar-refractivity contribution in [3.05, 3.63) is 83.9 Å². The summed E-state index contributed by atoms with van der Waals surface area (Å²) in [5.41, 5.74) is 5.82. The Balaban J connectivity index is 1.18. The van der Waals surface area contributed by atoms with Crippen LogP contribution in [0.15, 0.2) is 72.8 Å². The number of nitrogens with zero attached hydrogens (tertiary/aromatic N) is 3. The van der Waals surface area contributed by atoms with Gasteiger partial charge in [-0.3, -0.25) is 14.8 Å². The molecule has 2 aliphatic rings. The van der Waals surface area contributed by atoms with Gasteiger partial charge >= 0.3 is 0 Å². The lowest BCUT2D eigenvalue weighted by Crippen LogP contribution is -2.56. The van der Waals surface area contributed by atoms with Crippen LogP contribution in [0.1, 0.15) is 42.2 Å². The molecule has 7 heteroatoms. The molecule has 4 aromatic rings. The van der Waals surface area contributed by atoms with Crippen molar-refractivity contribution in [1.82, 2.24) is 20.4 Å². The van der Waals surface area contributed by atoms with E-state index in [1.165, 1.54) is 5.69 Å². The maximum absolute atomic E-state index is 13.4. The zero-order valence-electron chi connectivity index (χ0n) is 22.8. The van der Waals surface area contributed by atoms with Gasteiger partial charge in [0.1, 0.15) is 0 Å². The van der Waals surface area contributed by atoms with Crippen LogP contribution in [0.5, 0.6) is 0 Å². The van der Waals surface area contributed by atoms with Crippen LogP contribution in [-0.4, -0.2) is 66.4 Å². The maximum atomic E-state index is 13.4. The molecule has 1 atom stereocenters. The number of aromatic nitrogens is 2. The highest BCUT2D eigenvalue weighted by Gasteiger charge is 2.29. The summed E-state index contributed by atoms with van der Waals surface area (Å²) >= 11 is 0. The highest BCUT2D eigenvalue weighted by Crippen LogP contribution is 2.30. The molecule has 0 radical (unpaired) electrons. The van der Waals surface area contributed by atoms with Gasteiger partial charge in [-0.25, -0.2) is 0 Å². The first kappa shape index (κ1) is 25.6. The van der Waals surface area contributed by atoms with Gasteiger partial charge in [0.05, 0.1) is 36.5 Å². The monoisotopic (exact) mass is 523 g/mol. The minimum absolute atomic E-state index is 0.0327. The first-order valence-corrected chi connectivity index (χ1v) is 14.1. The molecule has 6 rings (SSSR count). The van der Waals surface area contributed by atoms with E-state index in [0.29, 0.717) is 17.5 Å². The topological polar surface area (TPSA) is 73.5 Å². The van der Waals surface area contributed by atoms with Gasteiger partial charge in [-0.15, -0.1) is 0 Å². The smallest absolute Gasteiger partial charge is 0.251 e. The summed E-state index contributed by atoms with van der Waals surface area (Å²) in [5.74, 6) is 0.393. The molecule has 0 saturated carbocycles. The molecule has 3 aromatic carbocycles. The summed E-state index contributed by atoms with van der Waals surface area (Å²) in [7, 11) is 0.